The zero-order valence-corrected chi connectivity index (χ0v) is 13.1. The van der Waals surface area contributed by atoms with Crippen molar-refractivity contribution in [3.8, 4) is 0 Å². The van der Waals surface area contributed by atoms with Crippen molar-refractivity contribution < 1.29 is 14.3 Å². The standard InChI is InChI=1S/C15H25N3O3/c1-4-21-14(19)13-11(3)16-15(20)17-12(13)9-18-8-6-5-7-10(18)2/h10-11H,4-9H2,1-3H3,(H2,16,17,20)/t10-,11-/m0/s1. The Bertz CT molecular complexity index is 447. The van der Waals surface area contributed by atoms with Crippen LogP contribution in [0.25, 0.3) is 0 Å². The van der Waals surface area contributed by atoms with Gasteiger partial charge < -0.3 is 15.4 Å². The molecule has 2 amide bonds. The molecular weight excluding hydrogens is 270 g/mol. The highest BCUT2D eigenvalue weighted by molar-refractivity contribution is 5.94. The van der Waals surface area contributed by atoms with Crippen LogP contribution in [0, 0.1) is 0 Å². The number of likely N-dealkylation sites (tertiary alicyclic amines) is 1. The van der Waals surface area contributed by atoms with Crippen molar-refractivity contribution >= 4 is 12.0 Å². The van der Waals surface area contributed by atoms with Gasteiger partial charge in [0, 0.05) is 18.3 Å². The van der Waals surface area contributed by atoms with Crippen molar-refractivity contribution in [3.05, 3.63) is 11.3 Å². The van der Waals surface area contributed by atoms with Gasteiger partial charge >= 0.3 is 12.0 Å². The maximum absolute atomic E-state index is 12.2. The minimum absolute atomic E-state index is 0.254. The van der Waals surface area contributed by atoms with Crippen LogP contribution in [0.3, 0.4) is 0 Å². The molecule has 0 aliphatic carbocycles. The normalized spacial score (nSPS) is 27.1. The first kappa shape index (κ1) is 15.8. The number of hydrogen-bond acceptors (Lipinski definition) is 4. The van der Waals surface area contributed by atoms with Crippen molar-refractivity contribution in [2.45, 2.75) is 52.1 Å². The molecule has 2 atom stereocenters. The fourth-order valence-corrected chi connectivity index (χ4v) is 3.00. The molecule has 2 aliphatic heterocycles. The number of piperidine rings is 1. The number of nitrogens with zero attached hydrogens (tertiary/aromatic N) is 1. The molecule has 0 aromatic carbocycles. The van der Waals surface area contributed by atoms with Gasteiger partial charge in [0.05, 0.1) is 18.2 Å². The third-order valence-electron chi connectivity index (χ3n) is 4.17. The van der Waals surface area contributed by atoms with Gasteiger partial charge in [0.1, 0.15) is 0 Å². The van der Waals surface area contributed by atoms with Gasteiger partial charge in [0.15, 0.2) is 0 Å². The molecule has 0 aromatic heterocycles. The van der Waals surface area contributed by atoms with E-state index in [1.165, 1.54) is 6.42 Å². The SMILES string of the molecule is CCOC(=O)C1=C(CN2CCCC[C@@H]2C)NC(=O)N[C@H]1C. The third-order valence-corrected chi connectivity index (χ3v) is 4.17. The highest BCUT2D eigenvalue weighted by Gasteiger charge is 2.31. The maximum Gasteiger partial charge on any atom is 0.337 e. The summed E-state index contributed by atoms with van der Waals surface area (Å²) in [5, 5.41) is 5.51. The molecule has 1 saturated heterocycles. The highest BCUT2D eigenvalue weighted by atomic mass is 16.5. The van der Waals surface area contributed by atoms with Gasteiger partial charge in [-0.2, -0.15) is 0 Å². The molecule has 1 fully saturated rings. The Morgan fingerprint density at radius 3 is 2.81 bits per heavy atom. The average molecular weight is 295 g/mol. The van der Waals surface area contributed by atoms with Crippen molar-refractivity contribution in [2.24, 2.45) is 0 Å². The lowest BCUT2D eigenvalue weighted by Gasteiger charge is -2.36. The van der Waals surface area contributed by atoms with E-state index in [4.69, 9.17) is 4.74 Å². The Balaban J connectivity index is 2.21. The molecule has 118 valence electrons. The van der Waals surface area contributed by atoms with E-state index < -0.39 is 0 Å². The summed E-state index contributed by atoms with van der Waals surface area (Å²) in [5.74, 6) is -0.350. The van der Waals surface area contributed by atoms with Gasteiger partial charge in [-0.05, 0) is 40.2 Å². The Labute approximate surface area is 125 Å². The summed E-state index contributed by atoms with van der Waals surface area (Å²) in [7, 11) is 0. The van der Waals surface area contributed by atoms with Crippen LogP contribution in [0.5, 0.6) is 0 Å². The fourth-order valence-electron chi connectivity index (χ4n) is 3.00. The van der Waals surface area contributed by atoms with Crippen LogP contribution in [0.4, 0.5) is 4.79 Å². The van der Waals surface area contributed by atoms with Gasteiger partial charge in [-0.1, -0.05) is 6.42 Å². The average Bonchev–Trinajstić information content (AvgIpc) is 2.41. The summed E-state index contributed by atoms with van der Waals surface area (Å²) in [6.45, 7) is 7.70. The monoisotopic (exact) mass is 295 g/mol. The van der Waals surface area contributed by atoms with Gasteiger partial charge in [-0.3, -0.25) is 4.90 Å². The van der Waals surface area contributed by atoms with E-state index >= 15 is 0 Å². The zero-order valence-electron chi connectivity index (χ0n) is 13.1. The molecule has 6 heteroatoms. The van der Waals surface area contributed by atoms with Crippen LogP contribution in [0.1, 0.15) is 40.0 Å². The van der Waals surface area contributed by atoms with E-state index in [1.807, 2.05) is 6.92 Å². The second kappa shape index (κ2) is 6.93. The van der Waals surface area contributed by atoms with Crippen molar-refractivity contribution in [3.63, 3.8) is 0 Å². The first-order valence-corrected chi connectivity index (χ1v) is 7.74. The highest BCUT2D eigenvalue weighted by Crippen LogP contribution is 2.20. The number of amides is 2. The number of nitrogens with one attached hydrogen (secondary N) is 2. The number of urea groups is 1. The van der Waals surface area contributed by atoms with E-state index in [-0.39, 0.29) is 18.0 Å². The Morgan fingerprint density at radius 2 is 2.14 bits per heavy atom. The molecule has 0 spiro atoms. The first-order valence-electron chi connectivity index (χ1n) is 7.74. The summed E-state index contributed by atoms with van der Waals surface area (Å²) in [6, 6.07) is -0.111. The topological polar surface area (TPSA) is 70.7 Å². The van der Waals surface area contributed by atoms with Gasteiger partial charge in [0.2, 0.25) is 0 Å². The molecular formula is C15H25N3O3. The first-order chi connectivity index (χ1) is 10.0. The lowest BCUT2D eigenvalue weighted by atomic mass is 10.0. The van der Waals surface area contributed by atoms with E-state index in [1.54, 1.807) is 6.92 Å². The van der Waals surface area contributed by atoms with Crippen LogP contribution in [0.2, 0.25) is 0 Å². The summed E-state index contributed by atoms with van der Waals surface area (Å²) in [6.07, 6.45) is 3.56. The third kappa shape index (κ3) is 3.75. The molecule has 0 saturated carbocycles. The predicted molar refractivity (Wildman–Crippen MR) is 79.7 cm³/mol. The molecule has 6 nitrogen and oxygen atoms in total. The summed E-state index contributed by atoms with van der Waals surface area (Å²) in [4.78, 5) is 26.2. The number of esters is 1. The van der Waals surface area contributed by atoms with Gasteiger partial charge in [-0.15, -0.1) is 0 Å². The Hall–Kier alpha value is -1.56. The van der Waals surface area contributed by atoms with Crippen LogP contribution in [-0.2, 0) is 9.53 Å². The Morgan fingerprint density at radius 1 is 1.38 bits per heavy atom. The molecule has 2 N–H and O–H groups in total. The summed E-state index contributed by atoms with van der Waals surface area (Å²) >= 11 is 0. The van der Waals surface area contributed by atoms with Gasteiger partial charge in [-0.25, -0.2) is 9.59 Å². The minimum atomic E-state index is -0.350. The summed E-state index contributed by atoms with van der Waals surface area (Å²) < 4.78 is 5.13. The fraction of sp³-hybridized carbons (Fsp3) is 0.733. The molecule has 0 bridgehead atoms. The predicted octanol–water partition coefficient (Wildman–Crippen LogP) is 1.38. The van der Waals surface area contributed by atoms with E-state index in [2.05, 4.69) is 22.5 Å². The zero-order chi connectivity index (χ0) is 15.4. The van der Waals surface area contributed by atoms with Gasteiger partial charge in [0.25, 0.3) is 0 Å². The molecule has 0 unspecified atom stereocenters. The summed E-state index contributed by atoms with van der Waals surface area (Å²) in [5.41, 5.74) is 1.22. The lowest BCUT2D eigenvalue weighted by Crippen LogP contribution is -2.52. The quantitative estimate of drug-likeness (QED) is 0.769. The van der Waals surface area contributed by atoms with Crippen LogP contribution >= 0.6 is 0 Å². The molecule has 2 heterocycles. The smallest absolute Gasteiger partial charge is 0.337 e. The second-order valence-electron chi connectivity index (χ2n) is 5.75. The van der Waals surface area contributed by atoms with E-state index in [0.717, 1.165) is 19.4 Å². The van der Waals surface area contributed by atoms with Crippen molar-refractivity contribution in [1.29, 1.82) is 0 Å². The number of ether oxygens (including phenoxy) is 1. The van der Waals surface area contributed by atoms with Crippen molar-refractivity contribution in [2.75, 3.05) is 19.7 Å². The largest absolute Gasteiger partial charge is 0.463 e. The number of hydrogen-bond donors (Lipinski definition) is 2. The Kier molecular flexibility index (Phi) is 5.22. The van der Waals surface area contributed by atoms with Crippen LogP contribution < -0.4 is 10.6 Å². The molecule has 2 rings (SSSR count). The maximum atomic E-state index is 12.2. The second-order valence-corrected chi connectivity index (χ2v) is 5.75. The number of carbonyl (C=O) groups excluding carboxylic acids is 2. The van der Waals surface area contributed by atoms with Crippen molar-refractivity contribution in [1.82, 2.24) is 15.5 Å². The van der Waals surface area contributed by atoms with E-state index in [9.17, 15) is 9.59 Å². The van der Waals surface area contributed by atoms with Crippen LogP contribution in [-0.4, -0.2) is 48.7 Å². The molecule has 0 radical (unpaired) electrons. The van der Waals surface area contributed by atoms with Crippen LogP contribution in [0.15, 0.2) is 11.3 Å². The molecule has 21 heavy (non-hydrogen) atoms. The number of rotatable bonds is 4. The van der Waals surface area contributed by atoms with E-state index in [0.29, 0.717) is 30.5 Å². The minimum Gasteiger partial charge on any atom is -0.463 e. The molecule has 2 aliphatic rings. The number of carbonyl (C=O) groups is 2. The molecule has 0 aromatic rings. The lowest BCUT2D eigenvalue weighted by molar-refractivity contribution is -0.139.